The summed E-state index contributed by atoms with van der Waals surface area (Å²) in [5.41, 5.74) is -2.81. The van der Waals surface area contributed by atoms with E-state index in [0.29, 0.717) is 0 Å². The van der Waals surface area contributed by atoms with Crippen molar-refractivity contribution in [2.24, 2.45) is 0 Å². The fourth-order valence-electron chi connectivity index (χ4n) is 1.47. The first kappa shape index (κ1) is 14.9. The molecule has 18 heavy (non-hydrogen) atoms. The highest BCUT2D eigenvalue weighted by atomic mass is 79.9. The highest BCUT2D eigenvalue weighted by Gasteiger charge is 2.53. The number of hydrogen-bond acceptors (Lipinski definition) is 1. The molecule has 1 atom stereocenters. The Bertz CT molecular complexity index is 475. The van der Waals surface area contributed by atoms with Crippen molar-refractivity contribution in [3.05, 3.63) is 34.1 Å². The molecule has 0 aromatic heterocycles. The first-order valence-electron chi connectivity index (χ1n) is 4.89. The molecule has 0 fully saturated rings. The van der Waals surface area contributed by atoms with Gasteiger partial charge in [-0.3, -0.25) is 4.79 Å². The number of carbonyl (C=O) groups excluding carboxylic acids is 1. The lowest BCUT2D eigenvalue weighted by atomic mass is 9.91. The third-order valence-electron chi connectivity index (χ3n) is 2.49. The molecule has 0 saturated carbocycles. The Hall–Kier alpha value is -1.11. The van der Waals surface area contributed by atoms with E-state index in [9.17, 15) is 22.4 Å². The van der Waals surface area contributed by atoms with Crippen LogP contribution in [0.5, 0.6) is 0 Å². The van der Waals surface area contributed by atoms with Gasteiger partial charge in [-0.1, -0.05) is 6.07 Å². The zero-order valence-corrected chi connectivity index (χ0v) is 11.1. The first-order valence-corrected chi connectivity index (χ1v) is 5.68. The van der Waals surface area contributed by atoms with E-state index in [2.05, 4.69) is 15.9 Å². The van der Waals surface area contributed by atoms with Crippen LogP contribution in [0.4, 0.5) is 17.6 Å². The lowest BCUT2D eigenvalue weighted by molar-refractivity contribution is -0.197. The summed E-state index contributed by atoms with van der Waals surface area (Å²) in [6, 6.07) is 2.90. The van der Waals surface area contributed by atoms with Crippen LogP contribution in [-0.4, -0.2) is 12.1 Å². The minimum absolute atomic E-state index is 0.0965. The normalized spacial score (nSPS) is 15.1. The number of nitrogens with one attached hydrogen (secondary N) is 1. The molecule has 0 heterocycles. The van der Waals surface area contributed by atoms with Crippen LogP contribution in [-0.2, 0) is 10.3 Å². The first-order chi connectivity index (χ1) is 8.08. The molecule has 0 spiro atoms. The molecule has 0 bridgehead atoms. The van der Waals surface area contributed by atoms with Gasteiger partial charge in [0.15, 0.2) is 5.54 Å². The lowest BCUT2D eigenvalue weighted by Gasteiger charge is -2.33. The van der Waals surface area contributed by atoms with E-state index in [1.165, 1.54) is 0 Å². The molecule has 1 rings (SSSR count). The van der Waals surface area contributed by atoms with Crippen molar-refractivity contribution in [2.75, 3.05) is 0 Å². The quantitative estimate of drug-likeness (QED) is 0.827. The molecule has 100 valence electrons. The molecule has 1 amide bonds. The summed E-state index contributed by atoms with van der Waals surface area (Å²) in [4.78, 5) is 10.9. The number of carbonyl (C=O) groups is 1. The summed E-state index contributed by atoms with van der Waals surface area (Å²) in [6.45, 7) is 1.82. The average molecular weight is 328 g/mol. The van der Waals surface area contributed by atoms with Gasteiger partial charge in [0.2, 0.25) is 5.91 Å². The van der Waals surface area contributed by atoms with Crippen LogP contribution in [0.15, 0.2) is 22.7 Å². The van der Waals surface area contributed by atoms with Gasteiger partial charge in [0.25, 0.3) is 0 Å². The zero-order valence-electron chi connectivity index (χ0n) is 9.53. The predicted molar refractivity (Wildman–Crippen MR) is 61.3 cm³/mol. The maximum absolute atomic E-state index is 13.1. The van der Waals surface area contributed by atoms with Gasteiger partial charge in [0.05, 0.1) is 4.47 Å². The van der Waals surface area contributed by atoms with E-state index < -0.39 is 23.4 Å². The topological polar surface area (TPSA) is 29.1 Å². The van der Waals surface area contributed by atoms with Gasteiger partial charge >= 0.3 is 6.18 Å². The second-order valence-electron chi connectivity index (χ2n) is 3.93. The maximum atomic E-state index is 13.1. The fourth-order valence-corrected chi connectivity index (χ4v) is 1.84. The number of hydrogen-bond donors (Lipinski definition) is 1. The van der Waals surface area contributed by atoms with Gasteiger partial charge in [-0.15, -0.1) is 0 Å². The van der Waals surface area contributed by atoms with Crippen molar-refractivity contribution in [3.63, 3.8) is 0 Å². The van der Waals surface area contributed by atoms with E-state index in [0.717, 1.165) is 32.0 Å². The summed E-state index contributed by atoms with van der Waals surface area (Å²) in [7, 11) is 0. The van der Waals surface area contributed by atoms with Crippen LogP contribution in [0, 0.1) is 5.82 Å². The van der Waals surface area contributed by atoms with E-state index in [4.69, 9.17) is 0 Å². The molecule has 0 saturated heterocycles. The van der Waals surface area contributed by atoms with Gasteiger partial charge in [0.1, 0.15) is 5.82 Å². The minimum Gasteiger partial charge on any atom is -0.339 e. The number of rotatable bonds is 2. The Kier molecular flexibility index (Phi) is 4.05. The Balaban J connectivity index is 3.34. The molecule has 0 aliphatic rings. The molecule has 0 aliphatic carbocycles. The van der Waals surface area contributed by atoms with Crippen molar-refractivity contribution in [1.29, 1.82) is 0 Å². The fraction of sp³-hybridized carbons (Fsp3) is 0.364. The minimum atomic E-state index is -4.70. The highest BCUT2D eigenvalue weighted by molar-refractivity contribution is 9.10. The van der Waals surface area contributed by atoms with E-state index in [1.54, 1.807) is 0 Å². The number of benzene rings is 1. The molecular weight excluding hydrogens is 318 g/mol. The summed E-state index contributed by atoms with van der Waals surface area (Å²) >= 11 is 2.82. The van der Waals surface area contributed by atoms with Crippen LogP contribution in [0.3, 0.4) is 0 Å². The summed E-state index contributed by atoms with van der Waals surface area (Å²) in [6.07, 6.45) is -4.70. The summed E-state index contributed by atoms with van der Waals surface area (Å²) in [5, 5.41) is 1.85. The van der Waals surface area contributed by atoms with Crippen LogP contribution in [0.1, 0.15) is 19.4 Å². The van der Waals surface area contributed by atoms with E-state index in [1.807, 2.05) is 5.32 Å². The molecule has 1 aromatic rings. The van der Waals surface area contributed by atoms with Crippen LogP contribution in [0.2, 0.25) is 0 Å². The Morgan fingerprint density at radius 1 is 1.33 bits per heavy atom. The van der Waals surface area contributed by atoms with Gasteiger partial charge in [0, 0.05) is 6.92 Å². The SMILES string of the molecule is CC(=O)NC(C)(c1ccc(F)c(Br)c1)C(F)(F)F. The van der Waals surface area contributed by atoms with Crippen LogP contribution >= 0.6 is 15.9 Å². The van der Waals surface area contributed by atoms with Crippen LogP contribution in [0.25, 0.3) is 0 Å². The van der Waals surface area contributed by atoms with Crippen molar-refractivity contribution in [1.82, 2.24) is 5.32 Å². The summed E-state index contributed by atoms with van der Waals surface area (Å²) in [5.74, 6) is -1.50. The van der Waals surface area contributed by atoms with Crippen molar-refractivity contribution in [2.45, 2.75) is 25.6 Å². The third-order valence-corrected chi connectivity index (χ3v) is 3.10. The number of alkyl halides is 3. The van der Waals surface area contributed by atoms with Gasteiger partial charge in [-0.05, 0) is 40.5 Å². The average Bonchev–Trinajstić information content (AvgIpc) is 2.19. The number of amides is 1. The molecular formula is C11H10BrF4NO. The third kappa shape index (κ3) is 2.82. The smallest absolute Gasteiger partial charge is 0.339 e. The summed E-state index contributed by atoms with van der Waals surface area (Å²) < 4.78 is 52.1. The molecule has 1 unspecified atom stereocenters. The monoisotopic (exact) mass is 327 g/mol. The van der Waals surface area contributed by atoms with Crippen molar-refractivity contribution >= 4 is 21.8 Å². The van der Waals surface area contributed by atoms with Crippen molar-refractivity contribution < 1.29 is 22.4 Å². The Morgan fingerprint density at radius 2 is 1.89 bits per heavy atom. The molecule has 0 radical (unpaired) electrons. The van der Waals surface area contributed by atoms with Crippen molar-refractivity contribution in [3.8, 4) is 0 Å². The van der Waals surface area contributed by atoms with E-state index >= 15 is 0 Å². The molecule has 2 nitrogen and oxygen atoms in total. The highest BCUT2D eigenvalue weighted by Crippen LogP contribution is 2.39. The largest absolute Gasteiger partial charge is 0.415 e. The molecule has 7 heteroatoms. The number of halogens is 5. The second kappa shape index (κ2) is 4.87. The maximum Gasteiger partial charge on any atom is 0.415 e. The lowest BCUT2D eigenvalue weighted by Crippen LogP contribution is -2.53. The molecule has 1 aromatic carbocycles. The molecule has 1 N–H and O–H groups in total. The Morgan fingerprint density at radius 3 is 2.28 bits per heavy atom. The zero-order chi connectivity index (χ0) is 14.1. The second-order valence-corrected chi connectivity index (χ2v) is 4.79. The van der Waals surface area contributed by atoms with Crippen LogP contribution < -0.4 is 5.32 Å². The van der Waals surface area contributed by atoms with Gasteiger partial charge < -0.3 is 5.32 Å². The predicted octanol–water partition coefficient (Wildman–Crippen LogP) is 3.50. The van der Waals surface area contributed by atoms with Gasteiger partial charge in [-0.2, -0.15) is 13.2 Å². The van der Waals surface area contributed by atoms with E-state index in [-0.39, 0.29) is 10.0 Å². The molecule has 0 aliphatic heterocycles. The van der Waals surface area contributed by atoms with Gasteiger partial charge in [-0.25, -0.2) is 4.39 Å². The standard InChI is InChI=1S/C11H10BrF4NO/c1-6(18)17-10(2,11(14,15)16)7-3-4-9(13)8(12)5-7/h3-5H,1-2H3,(H,17,18). The Labute approximate surface area is 109 Å².